The molecule has 0 aromatic rings. The smallest absolute Gasteiger partial charge is 0.225 e. The van der Waals surface area contributed by atoms with Crippen LogP contribution >= 0.6 is 0 Å². The van der Waals surface area contributed by atoms with Gasteiger partial charge in [0, 0.05) is 31.6 Å². The van der Waals surface area contributed by atoms with Gasteiger partial charge < -0.3 is 10.2 Å². The molecule has 0 radical (unpaired) electrons. The molecule has 1 N–H and O–H groups in total. The van der Waals surface area contributed by atoms with Gasteiger partial charge in [0.1, 0.15) is 0 Å². The molecule has 2 rings (SSSR count). The van der Waals surface area contributed by atoms with Crippen LogP contribution in [0.1, 0.15) is 51.9 Å². The number of piperazine rings is 1. The SMILES string of the molecule is C[C@@H]1CN(C(=O)C2CCCCCCC2)CCN1. The van der Waals surface area contributed by atoms with Crippen LogP contribution in [0.5, 0.6) is 0 Å². The fourth-order valence-electron chi connectivity index (χ4n) is 3.09. The first-order valence-electron chi connectivity index (χ1n) is 7.29. The number of hydrogen-bond donors (Lipinski definition) is 1. The van der Waals surface area contributed by atoms with Crippen LogP contribution in [0, 0.1) is 5.92 Å². The monoisotopic (exact) mass is 238 g/mol. The Hall–Kier alpha value is -0.570. The highest BCUT2D eigenvalue weighted by molar-refractivity contribution is 5.79. The molecule has 17 heavy (non-hydrogen) atoms. The van der Waals surface area contributed by atoms with E-state index in [9.17, 15) is 4.79 Å². The highest BCUT2D eigenvalue weighted by Crippen LogP contribution is 2.24. The van der Waals surface area contributed by atoms with Crippen LogP contribution in [0.25, 0.3) is 0 Å². The first-order valence-corrected chi connectivity index (χ1v) is 7.29. The molecule has 98 valence electrons. The van der Waals surface area contributed by atoms with E-state index in [1.54, 1.807) is 0 Å². The second kappa shape index (κ2) is 6.39. The van der Waals surface area contributed by atoms with Crippen molar-refractivity contribution in [3.63, 3.8) is 0 Å². The van der Waals surface area contributed by atoms with Gasteiger partial charge in [-0.15, -0.1) is 0 Å². The van der Waals surface area contributed by atoms with Gasteiger partial charge in [-0.2, -0.15) is 0 Å². The molecule has 1 atom stereocenters. The van der Waals surface area contributed by atoms with Crippen molar-refractivity contribution in [1.29, 1.82) is 0 Å². The van der Waals surface area contributed by atoms with Crippen molar-refractivity contribution in [2.45, 2.75) is 57.9 Å². The molecule has 1 saturated carbocycles. The summed E-state index contributed by atoms with van der Waals surface area (Å²) in [6.07, 6.45) is 8.75. The molecule has 0 bridgehead atoms. The summed E-state index contributed by atoms with van der Waals surface area (Å²) < 4.78 is 0. The van der Waals surface area contributed by atoms with Crippen LogP contribution in [0.3, 0.4) is 0 Å². The van der Waals surface area contributed by atoms with Crippen molar-refractivity contribution in [2.24, 2.45) is 5.92 Å². The zero-order chi connectivity index (χ0) is 12.1. The molecule has 3 nitrogen and oxygen atoms in total. The van der Waals surface area contributed by atoms with Crippen molar-refractivity contribution >= 4 is 5.91 Å². The summed E-state index contributed by atoms with van der Waals surface area (Å²) in [6, 6.07) is 0.459. The lowest BCUT2D eigenvalue weighted by molar-refractivity contribution is -0.137. The average Bonchev–Trinajstić information content (AvgIpc) is 2.28. The maximum atomic E-state index is 12.5. The maximum Gasteiger partial charge on any atom is 0.225 e. The molecular weight excluding hydrogens is 212 g/mol. The highest BCUT2D eigenvalue weighted by atomic mass is 16.2. The minimum atomic E-state index is 0.320. The van der Waals surface area contributed by atoms with Gasteiger partial charge in [0.15, 0.2) is 0 Å². The Morgan fingerprint density at radius 2 is 1.76 bits per heavy atom. The third kappa shape index (κ3) is 3.70. The largest absolute Gasteiger partial charge is 0.340 e. The Labute approximate surface area is 105 Å². The minimum absolute atomic E-state index is 0.320. The Morgan fingerprint density at radius 3 is 2.41 bits per heavy atom. The van der Waals surface area contributed by atoms with Crippen LogP contribution in [0.15, 0.2) is 0 Å². The molecule has 0 aromatic carbocycles. The van der Waals surface area contributed by atoms with Crippen molar-refractivity contribution in [3.8, 4) is 0 Å². The topological polar surface area (TPSA) is 32.3 Å². The number of amides is 1. The summed E-state index contributed by atoms with van der Waals surface area (Å²) in [5, 5.41) is 3.40. The van der Waals surface area contributed by atoms with E-state index in [4.69, 9.17) is 0 Å². The van der Waals surface area contributed by atoms with E-state index in [1.165, 1.54) is 32.1 Å². The van der Waals surface area contributed by atoms with Crippen LogP contribution in [0.2, 0.25) is 0 Å². The lowest BCUT2D eigenvalue weighted by Crippen LogP contribution is -2.52. The first-order chi connectivity index (χ1) is 8.27. The van der Waals surface area contributed by atoms with E-state index in [0.717, 1.165) is 32.5 Å². The van der Waals surface area contributed by atoms with Gasteiger partial charge in [-0.05, 0) is 19.8 Å². The number of carbonyl (C=O) groups is 1. The Morgan fingerprint density at radius 1 is 1.12 bits per heavy atom. The molecule has 0 spiro atoms. The summed E-state index contributed by atoms with van der Waals surface area (Å²) in [4.78, 5) is 14.6. The van der Waals surface area contributed by atoms with Gasteiger partial charge in [-0.3, -0.25) is 4.79 Å². The van der Waals surface area contributed by atoms with E-state index < -0.39 is 0 Å². The Balaban J connectivity index is 1.87. The summed E-state index contributed by atoms with van der Waals surface area (Å²) in [7, 11) is 0. The second-order valence-electron chi connectivity index (χ2n) is 5.68. The fraction of sp³-hybridized carbons (Fsp3) is 0.929. The molecule has 1 amide bonds. The predicted octanol–water partition coefficient (Wildman–Crippen LogP) is 2.17. The number of nitrogens with zero attached hydrogens (tertiary/aromatic N) is 1. The number of nitrogens with one attached hydrogen (secondary N) is 1. The summed E-state index contributed by atoms with van der Waals surface area (Å²) in [5.41, 5.74) is 0. The van der Waals surface area contributed by atoms with Crippen LogP contribution in [-0.4, -0.2) is 36.5 Å². The molecule has 2 aliphatic rings. The molecule has 2 fully saturated rings. The van der Waals surface area contributed by atoms with Crippen LogP contribution in [-0.2, 0) is 4.79 Å². The van der Waals surface area contributed by atoms with Gasteiger partial charge in [0.2, 0.25) is 5.91 Å². The molecule has 1 saturated heterocycles. The van der Waals surface area contributed by atoms with E-state index in [2.05, 4.69) is 17.1 Å². The van der Waals surface area contributed by atoms with Crippen molar-refractivity contribution < 1.29 is 4.79 Å². The van der Waals surface area contributed by atoms with Gasteiger partial charge in [0.25, 0.3) is 0 Å². The highest BCUT2D eigenvalue weighted by Gasteiger charge is 2.27. The fourth-order valence-corrected chi connectivity index (χ4v) is 3.09. The van der Waals surface area contributed by atoms with Crippen molar-refractivity contribution in [2.75, 3.05) is 19.6 Å². The standard InChI is InChI=1S/C14H26N2O/c1-12-11-16(10-9-15-12)14(17)13-7-5-3-2-4-6-8-13/h12-13,15H,2-11H2,1H3/t12-/m1/s1. The number of rotatable bonds is 1. The van der Waals surface area contributed by atoms with Crippen molar-refractivity contribution in [1.82, 2.24) is 10.2 Å². The quantitative estimate of drug-likeness (QED) is 0.759. The van der Waals surface area contributed by atoms with E-state index in [-0.39, 0.29) is 0 Å². The van der Waals surface area contributed by atoms with Gasteiger partial charge in [-0.25, -0.2) is 0 Å². The maximum absolute atomic E-state index is 12.5. The van der Waals surface area contributed by atoms with Crippen molar-refractivity contribution in [3.05, 3.63) is 0 Å². The van der Waals surface area contributed by atoms with E-state index >= 15 is 0 Å². The Bertz CT molecular complexity index is 247. The molecule has 0 aromatic heterocycles. The number of hydrogen-bond acceptors (Lipinski definition) is 2. The molecule has 0 unspecified atom stereocenters. The first kappa shape index (κ1) is 12.9. The van der Waals surface area contributed by atoms with E-state index in [1.807, 2.05) is 0 Å². The van der Waals surface area contributed by atoms with Crippen LogP contribution in [0.4, 0.5) is 0 Å². The molecule has 3 heteroatoms. The third-order valence-electron chi connectivity index (χ3n) is 4.13. The third-order valence-corrected chi connectivity index (χ3v) is 4.13. The predicted molar refractivity (Wildman–Crippen MR) is 69.9 cm³/mol. The van der Waals surface area contributed by atoms with Gasteiger partial charge >= 0.3 is 0 Å². The molecule has 1 aliphatic heterocycles. The molecule has 1 heterocycles. The summed E-state index contributed by atoms with van der Waals surface area (Å²) >= 11 is 0. The zero-order valence-corrected chi connectivity index (χ0v) is 11.1. The number of carbonyl (C=O) groups excluding carboxylic acids is 1. The Kier molecular flexibility index (Phi) is 4.84. The molecule has 1 aliphatic carbocycles. The minimum Gasteiger partial charge on any atom is -0.340 e. The zero-order valence-electron chi connectivity index (χ0n) is 11.1. The van der Waals surface area contributed by atoms with Gasteiger partial charge in [0.05, 0.1) is 0 Å². The molecular formula is C14H26N2O. The van der Waals surface area contributed by atoms with E-state index in [0.29, 0.717) is 17.9 Å². The van der Waals surface area contributed by atoms with Gasteiger partial charge in [-0.1, -0.05) is 32.1 Å². The average molecular weight is 238 g/mol. The van der Waals surface area contributed by atoms with Crippen LogP contribution < -0.4 is 5.32 Å². The second-order valence-corrected chi connectivity index (χ2v) is 5.68. The summed E-state index contributed by atoms with van der Waals surface area (Å²) in [6.45, 7) is 4.92. The lowest BCUT2D eigenvalue weighted by Gasteiger charge is -2.34. The normalized spacial score (nSPS) is 28.5. The lowest BCUT2D eigenvalue weighted by atomic mass is 9.90. The summed E-state index contributed by atoms with van der Waals surface area (Å²) in [5.74, 6) is 0.751.